The second-order valence-corrected chi connectivity index (χ2v) is 6.79. The molecule has 1 amide bonds. The van der Waals surface area contributed by atoms with Crippen LogP contribution in [0.3, 0.4) is 0 Å². The summed E-state index contributed by atoms with van der Waals surface area (Å²) in [7, 11) is 1.50. The third-order valence-electron chi connectivity index (χ3n) is 4.89. The van der Waals surface area contributed by atoms with Gasteiger partial charge in [-0.15, -0.1) is 0 Å². The molecule has 0 aliphatic carbocycles. The smallest absolute Gasteiger partial charge is 0.248 e. The lowest BCUT2D eigenvalue weighted by molar-refractivity contribution is 0.0927. The zero-order valence-corrected chi connectivity index (χ0v) is 16.3. The van der Waals surface area contributed by atoms with E-state index in [0.29, 0.717) is 41.4 Å². The Morgan fingerprint density at radius 2 is 1.80 bits per heavy atom. The van der Waals surface area contributed by atoms with Gasteiger partial charge in [-0.2, -0.15) is 0 Å². The third-order valence-corrected chi connectivity index (χ3v) is 4.89. The summed E-state index contributed by atoms with van der Waals surface area (Å²) in [5, 5.41) is 0. The van der Waals surface area contributed by atoms with Crippen LogP contribution in [0.2, 0.25) is 0 Å². The Balaban J connectivity index is 1.74. The predicted molar refractivity (Wildman–Crippen MR) is 109 cm³/mol. The molecule has 0 saturated heterocycles. The number of ether oxygens (including phenoxy) is 3. The van der Waals surface area contributed by atoms with Crippen LogP contribution in [0.1, 0.15) is 44.4 Å². The Bertz CT molecular complexity index is 1060. The molecule has 2 heterocycles. The number of amides is 1. The summed E-state index contributed by atoms with van der Waals surface area (Å²) in [6.07, 6.45) is 3.18. The lowest BCUT2D eigenvalue weighted by atomic mass is 10.00. The van der Waals surface area contributed by atoms with Crippen LogP contribution < -0.4 is 19.9 Å². The number of aromatic nitrogens is 1. The molecule has 0 fully saturated rings. The Labute approximate surface area is 173 Å². The summed E-state index contributed by atoms with van der Waals surface area (Å²) in [4.78, 5) is 27.8. The highest BCUT2D eigenvalue weighted by Gasteiger charge is 2.26. The van der Waals surface area contributed by atoms with Crippen molar-refractivity contribution in [2.75, 3.05) is 13.7 Å². The molecule has 0 bridgehead atoms. The van der Waals surface area contributed by atoms with Crippen molar-refractivity contribution in [1.82, 2.24) is 4.98 Å². The highest BCUT2D eigenvalue weighted by molar-refractivity contribution is 6.02. The number of carbonyl (C=O) groups excluding carboxylic acids is 2. The largest absolute Gasteiger partial charge is 0.496 e. The van der Waals surface area contributed by atoms with Crippen LogP contribution in [0.25, 0.3) is 0 Å². The van der Waals surface area contributed by atoms with Crippen LogP contribution in [0.15, 0.2) is 60.9 Å². The fraction of sp³-hybridized carbons (Fsp3) is 0.174. The lowest BCUT2D eigenvalue weighted by Crippen LogP contribution is -2.17. The van der Waals surface area contributed by atoms with E-state index in [1.54, 1.807) is 48.8 Å². The van der Waals surface area contributed by atoms with E-state index in [2.05, 4.69) is 4.98 Å². The molecule has 0 unspecified atom stereocenters. The van der Waals surface area contributed by atoms with E-state index in [1.165, 1.54) is 7.11 Å². The molecule has 0 radical (unpaired) electrons. The van der Waals surface area contributed by atoms with E-state index in [1.807, 2.05) is 12.1 Å². The van der Waals surface area contributed by atoms with E-state index in [9.17, 15) is 9.59 Å². The molecule has 1 aliphatic rings. The van der Waals surface area contributed by atoms with E-state index >= 15 is 0 Å². The summed E-state index contributed by atoms with van der Waals surface area (Å²) >= 11 is 0. The maximum absolute atomic E-state index is 12.3. The molecule has 7 nitrogen and oxygen atoms in total. The maximum Gasteiger partial charge on any atom is 0.248 e. The Morgan fingerprint density at radius 1 is 1.10 bits per heavy atom. The number of nitrogens with two attached hydrogens (primary N) is 1. The van der Waals surface area contributed by atoms with Gasteiger partial charge in [0, 0.05) is 36.5 Å². The molecule has 7 heteroatoms. The second-order valence-electron chi connectivity index (χ2n) is 6.79. The van der Waals surface area contributed by atoms with Gasteiger partial charge in [-0.25, -0.2) is 0 Å². The van der Waals surface area contributed by atoms with Crippen molar-refractivity contribution >= 4 is 11.7 Å². The maximum atomic E-state index is 12.3. The highest BCUT2D eigenvalue weighted by atomic mass is 16.5. The molecule has 2 aromatic carbocycles. The number of methoxy groups -OCH3 is 1. The fourth-order valence-electron chi connectivity index (χ4n) is 3.39. The van der Waals surface area contributed by atoms with Crippen molar-refractivity contribution in [3.05, 3.63) is 83.2 Å². The van der Waals surface area contributed by atoms with Gasteiger partial charge in [0.15, 0.2) is 5.78 Å². The quantitative estimate of drug-likeness (QED) is 0.676. The van der Waals surface area contributed by atoms with Gasteiger partial charge >= 0.3 is 0 Å². The number of rotatable bonds is 6. The molecule has 1 atom stereocenters. The molecule has 1 aliphatic heterocycles. The monoisotopic (exact) mass is 404 g/mol. The van der Waals surface area contributed by atoms with Crippen LogP contribution in [-0.4, -0.2) is 30.4 Å². The van der Waals surface area contributed by atoms with E-state index < -0.39 is 12.0 Å². The summed E-state index contributed by atoms with van der Waals surface area (Å²) in [5.41, 5.74) is 7.88. The van der Waals surface area contributed by atoms with E-state index in [0.717, 1.165) is 11.1 Å². The second kappa shape index (κ2) is 8.24. The number of nitrogens with zero attached hydrogens (tertiary/aromatic N) is 1. The Morgan fingerprint density at radius 3 is 2.47 bits per heavy atom. The van der Waals surface area contributed by atoms with Crippen molar-refractivity contribution in [3.8, 4) is 17.2 Å². The minimum atomic E-state index is -0.496. The van der Waals surface area contributed by atoms with Gasteiger partial charge in [-0.05, 0) is 35.4 Å². The number of carbonyl (C=O) groups is 2. The van der Waals surface area contributed by atoms with Crippen molar-refractivity contribution in [1.29, 1.82) is 0 Å². The summed E-state index contributed by atoms with van der Waals surface area (Å²) in [6, 6.07) is 14.0. The van der Waals surface area contributed by atoms with Gasteiger partial charge in [0.05, 0.1) is 13.7 Å². The number of fused-ring (bicyclic) bond motifs is 1. The van der Waals surface area contributed by atoms with Crippen molar-refractivity contribution in [2.45, 2.75) is 12.5 Å². The molecule has 30 heavy (non-hydrogen) atoms. The zero-order valence-electron chi connectivity index (χ0n) is 16.3. The van der Waals surface area contributed by atoms with E-state index in [4.69, 9.17) is 19.9 Å². The van der Waals surface area contributed by atoms with Crippen molar-refractivity contribution in [3.63, 3.8) is 0 Å². The first kappa shape index (κ1) is 19.4. The van der Waals surface area contributed by atoms with Crippen LogP contribution in [0, 0.1) is 0 Å². The SMILES string of the molecule is COc1cc(O[C@@H](c2ccncc2)c2ccc(C(N)=O)cc2)cc2c1C(=O)CCO2. The van der Waals surface area contributed by atoms with Crippen LogP contribution in [0.4, 0.5) is 0 Å². The topological polar surface area (TPSA) is 101 Å². The Kier molecular flexibility index (Phi) is 5.34. The van der Waals surface area contributed by atoms with Gasteiger partial charge in [0.25, 0.3) is 0 Å². The Hall–Kier alpha value is -3.87. The van der Waals surface area contributed by atoms with Gasteiger partial charge in [-0.3, -0.25) is 14.6 Å². The number of hydrogen-bond acceptors (Lipinski definition) is 6. The molecule has 4 rings (SSSR count). The van der Waals surface area contributed by atoms with Crippen LogP contribution in [-0.2, 0) is 0 Å². The molecule has 2 N–H and O–H groups in total. The number of ketones is 1. The summed E-state index contributed by atoms with van der Waals surface area (Å²) in [5.74, 6) is 0.820. The molecule has 3 aromatic rings. The first-order chi connectivity index (χ1) is 14.6. The van der Waals surface area contributed by atoms with E-state index in [-0.39, 0.29) is 5.78 Å². The van der Waals surface area contributed by atoms with Crippen molar-refractivity contribution < 1.29 is 23.8 Å². The predicted octanol–water partition coefficient (Wildman–Crippen LogP) is 3.32. The number of primary amides is 1. The minimum Gasteiger partial charge on any atom is -0.496 e. The summed E-state index contributed by atoms with van der Waals surface area (Å²) < 4.78 is 17.4. The third kappa shape index (κ3) is 3.82. The van der Waals surface area contributed by atoms with Crippen LogP contribution >= 0.6 is 0 Å². The molecular weight excluding hydrogens is 384 g/mol. The molecule has 152 valence electrons. The lowest BCUT2D eigenvalue weighted by Gasteiger charge is -2.23. The van der Waals surface area contributed by atoms with Gasteiger partial charge in [-0.1, -0.05) is 12.1 Å². The van der Waals surface area contributed by atoms with Gasteiger partial charge < -0.3 is 19.9 Å². The normalized spacial score (nSPS) is 13.7. The molecule has 0 saturated carbocycles. The molecule has 0 spiro atoms. The number of Topliss-reactive ketones (excluding diaryl/α,β-unsaturated/α-hetero) is 1. The average Bonchev–Trinajstić information content (AvgIpc) is 2.77. The standard InChI is InChI=1S/C23H20N2O5/c1-28-19-12-17(13-20-21(19)18(26)8-11-29-20)30-22(15-6-9-25-10-7-15)14-2-4-16(5-3-14)23(24)27/h2-7,9-10,12-13,22H,8,11H2,1H3,(H2,24,27)/t22-/m1/s1. The fourth-order valence-corrected chi connectivity index (χ4v) is 3.39. The first-order valence-corrected chi connectivity index (χ1v) is 9.41. The number of hydrogen-bond donors (Lipinski definition) is 1. The zero-order chi connectivity index (χ0) is 21.1. The number of benzene rings is 2. The minimum absolute atomic E-state index is 0.0209. The number of pyridine rings is 1. The van der Waals surface area contributed by atoms with Crippen molar-refractivity contribution in [2.24, 2.45) is 5.73 Å². The van der Waals surface area contributed by atoms with Crippen LogP contribution in [0.5, 0.6) is 17.2 Å². The van der Waals surface area contributed by atoms with Gasteiger partial charge in [0.1, 0.15) is 28.9 Å². The molecular formula is C23H20N2O5. The summed E-state index contributed by atoms with van der Waals surface area (Å²) in [6.45, 7) is 0.320. The molecule has 1 aromatic heterocycles. The average molecular weight is 404 g/mol. The van der Waals surface area contributed by atoms with Gasteiger partial charge in [0.2, 0.25) is 5.91 Å². The first-order valence-electron chi connectivity index (χ1n) is 9.41. The highest BCUT2D eigenvalue weighted by Crippen LogP contribution is 2.39.